The maximum Gasteiger partial charge on any atom is 0.250 e. The van der Waals surface area contributed by atoms with Crippen molar-refractivity contribution in [3.63, 3.8) is 0 Å². The van der Waals surface area contributed by atoms with E-state index in [4.69, 9.17) is 69.6 Å². The van der Waals surface area contributed by atoms with E-state index in [9.17, 15) is 0 Å². The van der Waals surface area contributed by atoms with Gasteiger partial charge in [-0.15, -0.1) is 0 Å². The summed E-state index contributed by atoms with van der Waals surface area (Å²) in [7, 11) is 3.97. The van der Waals surface area contributed by atoms with Crippen LogP contribution in [-0.2, 0) is 7.59 Å². The Hall–Kier alpha value is -0.750. The van der Waals surface area contributed by atoms with E-state index in [2.05, 4.69) is 15.0 Å². The van der Waals surface area contributed by atoms with Crippen LogP contribution in [-0.4, -0.2) is 29.0 Å². The van der Waals surface area contributed by atoms with Crippen LogP contribution in [0, 0.1) is 0 Å². The molecular weight excluding hydrogens is 473 g/mol. The van der Waals surface area contributed by atoms with Gasteiger partial charge in [-0.25, -0.2) is 15.0 Å². The van der Waals surface area contributed by atoms with E-state index in [0.29, 0.717) is 0 Å². The Bertz CT molecular complexity index is 804. The van der Waals surface area contributed by atoms with Crippen molar-refractivity contribution >= 4 is 87.4 Å². The topological polar surface area (TPSA) is 41.9 Å². The van der Waals surface area contributed by atoms with Gasteiger partial charge in [0.25, 0.3) is 0 Å². The molecule has 0 saturated carbocycles. The maximum atomic E-state index is 5.84. The zero-order valence-corrected chi connectivity index (χ0v) is 18.7. The van der Waals surface area contributed by atoms with Crippen molar-refractivity contribution < 1.29 is 0 Å². The van der Waals surface area contributed by atoms with Gasteiger partial charge < -0.3 is 4.90 Å². The van der Waals surface area contributed by atoms with E-state index in [0.717, 1.165) is 11.3 Å². The van der Waals surface area contributed by atoms with E-state index in [1.54, 1.807) is 12.2 Å². The Labute approximate surface area is 187 Å². The number of halogens is 6. The highest BCUT2D eigenvalue weighted by Gasteiger charge is 2.33. The molecule has 27 heavy (non-hydrogen) atoms. The first-order chi connectivity index (χ1) is 12.5. The minimum Gasteiger partial charge on any atom is -0.378 e. The molecule has 10 heteroatoms. The molecular formula is C17H14Cl6N4. The minimum atomic E-state index is -1.87. The molecule has 1 aromatic heterocycles. The SMILES string of the molecule is CN(C)c1ccc(C=CC=Cc2nc(C(Cl)(Cl)Cl)nc(C(Cl)(Cl)Cl)n2)cc1. The lowest BCUT2D eigenvalue weighted by Gasteiger charge is -2.14. The molecule has 0 amide bonds. The van der Waals surface area contributed by atoms with Crippen LogP contribution >= 0.6 is 69.6 Å². The summed E-state index contributed by atoms with van der Waals surface area (Å²) in [5.41, 5.74) is 2.15. The Balaban J connectivity index is 2.22. The first-order valence-corrected chi connectivity index (χ1v) is 9.76. The number of allylic oxidation sites excluding steroid dienone is 2. The summed E-state index contributed by atoms with van der Waals surface area (Å²) < 4.78 is -3.75. The Morgan fingerprint density at radius 3 is 1.67 bits per heavy atom. The number of aromatic nitrogens is 3. The van der Waals surface area contributed by atoms with Gasteiger partial charge in [0, 0.05) is 19.8 Å². The summed E-state index contributed by atoms with van der Waals surface area (Å²) >= 11 is 35.0. The van der Waals surface area contributed by atoms with Gasteiger partial charge >= 0.3 is 0 Å². The van der Waals surface area contributed by atoms with Gasteiger partial charge in [0.15, 0.2) is 17.5 Å². The van der Waals surface area contributed by atoms with Crippen LogP contribution in [0.25, 0.3) is 12.2 Å². The third-order valence-corrected chi connectivity index (χ3v) is 4.23. The minimum absolute atomic E-state index is 0.133. The van der Waals surface area contributed by atoms with Crippen molar-refractivity contribution in [3.8, 4) is 0 Å². The lowest BCUT2D eigenvalue weighted by atomic mass is 10.2. The fraction of sp³-hybridized carbons (Fsp3) is 0.235. The second kappa shape index (κ2) is 9.17. The molecule has 0 fully saturated rings. The molecule has 144 valence electrons. The first-order valence-electron chi connectivity index (χ1n) is 7.49. The molecule has 0 bridgehead atoms. The van der Waals surface area contributed by atoms with Crippen molar-refractivity contribution in [2.75, 3.05) is 19.0 Å². The summed E-state index contributed by atoms with van der Waals surface area (Å²) in [5.74, 6) is -0.0706. The van der Waals surface area contributed by atoms with Crippen molar-refractivity contribution in [3.05, 3.63) is 59.5 Å². The Morgan fingerprint density at radius 1 is 0.741 bits per heavy atom. The van der Waals surface area contributed by atoms with Crippen molar-refractivity contribution in [1.29, 1.82) is 0 Å². The van der Waals surface area contributed by atoms with E-state index in [-0.39, 0.29) is 17.5 Å². The van der Waals surface area contributed by atoms with Gasteiger partial charge in [-0.2, -0.15) is 0 Å². The normalized spacial score (nSPS) is 12.9. The van der Waals surface area contributed by atoms with Crippen molar-refractivity contribution in [1.82, 2.24) is 15.0 Å². The summed E-state index contributed by atoms with van der Waals surface area (Å²) in [6, 6.07) is 8.06. The number of anilines is 1. The molecule has 0 spiro atoms. The van der Waals surface area contributed by atoms with Gasteiger partial charge in [-0.1, -0.05) is 100.0 Å². The maximum absolute atomic E-state index is 5.84. The van der Waals surface area contributed by atoms with Crippen LogP contribution in [0.5, 0.6) is 0 Å². The molecule has 0 N–H and O–H groups in total. The van der Waals surface area contributed by atoms with Crippen LogP contribution in [0.1, 0.15) is 23.0 Å². The van der Waals surface area contributed by atoms with E-state index < -0.39 is 7.59 Å². The quantitative estimate of drug-likeness (QED) is 0.374. The van der Waals surface area contributed by atoms with Gasteiger partial charge in [-0.3, -0.25) is 0 Å². The molecule has 1 heterocycles. The molecule has 0 aliphatic heterocycles. The van der Waals surface area contributed by atoms with Crippen LogP contribution in [0.15, 0.2) is 36.4 Å². The Kier molecular flexibility index (Phi) is 7.65. The van der Waals surface area contributed by atoms with Crippen molar-refractivity contribution in [2.45, 2.75) is 7.59 Å². The average molecular weight is 487 g/mol. The predicted molar refractivity (Wildman–Crippen MR) is 117 cm³/mol. The second-order valence-electron chi connectivity index (χ2n) is 5.54. The number of alkyl halides is 6. The number of benzene rings is 1. The zero-order valence-electron chi connectivity index (χ0n) is 14.2. The third kappa shape index (κ3) is 6.97. The molecule has 1 aromatic carbocycles. The van der Waals surface area contributed by atoms with E-state index in [1.807, 2.05) is 55.4 Å². The van der Waals surface area contributed by atoms with E-state index in [1.165, 1.54) is 0 Å². The lowest BCUT2D eigenvalue weighted by Crippen LogP contribution is -2.16. The van der Waals surface area contributed by atoms with Crippen molar-refractivity contribution in [2.24, 2.45) is 0 Å². The summed E-state index contributed by atoms with van der Waals surface area (Å²) in [6.45, 7) is 0. The van der Waals surface area contributed by atoms with Crippen LogP contribution in [0.3, 0.4) is 0 Å². The smallest absolute Gasteiger partial charge is 0.250 e. The number of hydrogen-bond donors (Lipinski definition) is 0. The molecule has 0 radical (unpaired) electrons. The molecule has 2 aromatic rings. The van der Waals surface area contributed by atoms with Gasteiger partial charge in [0.05, 0.1) is 0 Å². The fourth-order valence-electron chi connectivity index (χ4n) is 1.91. The van der Waals surface area contributed by atoms with E-state index >= 15 is 0 Å². The van der Waals surface area contributed by atoms with Gasteiger partial charge in [0.1, 0.15) is 0 Å². The molecule has 4 nitrogen and oxygen atoms in total. The summed E-state index contributed by atoms with van der Waals surface area (Å²) in [6.07, 6.45) is 7.05. The predicted octanol–water partition coefficient (Wildman–Crippen LogP) is 6.32. The number of rotatable bonds is 4. The van der Waals surface area contributed by atoms with Crippen LogP contribution < -0.4 is 4.90 Å². The lowest BCUT2D eigenvalue weighted by molar-refractivity contribution is 0.835. The summed E-state index contributed by atoms with van der Waals surface area (Å²) in [5, 5.41) is 0. The highest BCUT2D eigenvalue weighted by atomic mass is 35.6. The molecule has 0 aliphatic carbocycles. The highest BCUT2D eigenvalue weighted by Crippen LogP contribution is 2.39. The first kappa shape index (κ1) is 22.5. The monoisotopic (exact) mass is 484 g/mol. The fourth-order valence-corrected chi connectivity index (χ4v) is 2.42. The largest absolute Gasteiger partial charge is 0.378 e. The van der Waals surface area contributed by atoms with Crippen LogP contribution in [0.4, 0.5) is 5.69 Å². The second-order valence-corrected chi connectivity index (χ2v) is 10.1. The van der Waals surface area contributed by atoms with Gasteiger partial charge in [0.2, 0.25) is 7.59 Å². The highest BCUT2D eigenvalue weighted by molar-refractivity contribution is 6.67. The molecule has 2 rings (SSSR count). The number of hydrogen-bond acceptors (Lipinski definition) is 4. The molecule has 0 unspecified atom stereocenters. The average Bonchev–Trinajstić information content (AvgIpc) is 2.57. The molecule has 0 atom stereocenters. The third-order valence-electron chi connectivity index (χ3n) is 3.21. The molecule has 0 saturated heterocycles. The van der Waals surface area contributed by atoms with Crippen LogP contribution in [0.2, 0.25) is 0 Å². The number of nitrogens with zero attached hydrogens (tertiary/aromatic N) is 4. The standard InChI is InChI=1S/C17H14Cl6N4/c1-27(2)12-9-7-11(8-10-12)5-3-4-6-13-24-14(16(18,19)20)26-15(25-13)17(21,22)23/h3-10H,1-2H3. The van der Waals surface area contributed by atoms with Gasteiger partial charge in [-0.05, 0) is 23.8 Å². The zero-order chi connectivity index (χ0) is 20.2. The summed E-state index contributed by atoms with van der Waals surface area (Å²) in [4.78, 5) is 14.1. The molecule has 0 aliphatic rings. The Morgan fingerprint density at radius 2 is 1.22 bits per heavy atom.